The van der Waals surface area contributed by atoms with Crippen molar-refractivity contribution in [2.24, 2.45) is 0 Å². The molecule has 0 aliphatic heterocycles. The Morgan fingerprint density at radius 3 is 2.83 bits per heavy atom. The molecule has 0 aliphatic carbocycles. The molecule has 4 rings (SSSR count). The Kier molecular flexibility index (Phi) is 5.09. The molecule has 8 heteroatoms. The van der Waals surface area contributed by atoms with E-state index in [1.807, 2.05) is 25.1 Å². The standard InChI is InChI=1S/C21H15FN2O4S/c1-12-6-7-15-18(10-12)29-21(23-15)24-19(25)11-27-20(26)17-9-8-16(28-17)13-4-2-3-5-14(13)22/h2-10H,11H2,1H3,(H,23,24,25). The molecule has 0 saturated heterocycles. The van der Waals surface area contributed by atoms with Crippen molar-refractivity contribution in [2.45, 2.75) is 6.92 Å². The highest BCUT2D eigenvalue weighted by atomic mass is 32.1. The summed E-state index contributed by atoms with van der Waals surface area (Å²) in [5.74, 6) is -1.72. The molecule has 4 aromatic rings. The lowest BCUT2D eigenvalue weighted by atomic mass is 10.1. The van der Waals surface area contributed by atoms with Gasteiger partial charge in [-0.05, 0) is 48.9 Å². The molecule has 0 atom stereocenters. The van der Waals surface area contributed by atoms with E-state index in [0.717, 1.165) is 15.8 Å². The number of aryl methyl sites for hydroxylation is 1. The second kappa shape index (κ2) is 7.84. The average molecular weight is 410 g/mol. The van der Waals surface area contributed by atoms with Crippen LogP contribution >= 0.6 is 11.3 Å². The number of nitrogens with zero attached hydrogens (tertiary/aromatic N) is 1. The Balaban J connectivity index is 1.36. The first-order valence-corrected chi connectivity index (χ1v) is 9.50. The third-order valence-electron chi connectivity index (χ3n) is 4.07. The maximum atomic E-state index is 13.8. The van der Waals surface area contributed by atoms with Gasteiger partial charge >= 0.3 is 5.97 Å². The number of hydrogen-bond acceptors (Lipinski definition) is 6. The number of anilines is 1. The summed E-state index contributed by atoms with van der Waals surface area (Å²) in [6.45, 7) is 1.48. The van der Waals surface area contributed by atoms with Crippen LogP contribution in [0.5, 0.6) is 0 Å². The lowest BCUT2D eigenvalue weighted by Gasteiger charge is -2.03. The number of furan rings is 1. The Morgan fingerprint density at radius 2 is 2.00 bits per heavy atom. The predicted molar refractivity (Wildman–Crippen MR) is 107 cm³/mol. The van der Waals surface area contributed by atoms with Gasteiger partial charge < -0.3 is 9.15 Å². The molecule has 2 aromatic heterocycles. The van der Waals surface area contributed by atoms with Crippen LogP contribution in [0.2, 0.25) is 0 Å². The van der Waals surface area contributed by atoms with Crippen LogP contribution < -0.4 is 5.32 Å². The van der Waals surface area contributed by atoms with Crippen LogP contribution in [0.3, 0.4) is 0 Å². The van der Waals surface area contributed by atoms with Crippen LogP contribution in [0, 0.1) is 12.7 Å². The van der Waals surface area contributed by atoms with Gasteiger partial charge in [0, 0.05) is 0 Å². The number of benzene rings is 2. The van der Waals surface area contributed by atoms with Gasteiger partial charge in [-0.15, -0.1) is 0 Å². The van der Waals surface area contributed by atoms with Gasteiger partial charge in [0.1, 0.15) is 11.6 Å². The molecule has 1 N–H and O–H groups in total. The molecule has 2 heterocycles. The van der Waals surface area contributed by atoms with Crippen molar-refractivity contribution in [3.8, 4) is 11.3 Å². The number of nitrogens with one attached hydrogen (secondary N) is 1. The van der Waals surface area contributed by atoms with Crippen LogP contribution in [0.15, 0.2) is 59.0 Å². The smallest absolute Gasteiger partial charge is 0.374 e. The van der Waals surface area contributed by atoms with Crippen LogP contribution in [0.4, 0.5) is 9.52 Å². The van der Waals surface area contributed by atoms with Crippen LogP contribution in [0.25, 0.3) is 21.5 Å². The molecule has 0 aliphatic rings. The van der Waals surface area contributed by atoms with E-state index >= 15 is 0 Å². The molecule has 0 saturated carbocycles. The molecular formula is C21H15FN2O4S. The predicted octanol–water partition coefficient (Wildman–Crippen LogP) is 4.80. The van der Waals surface area contributed by atoms with E-state index < -0.39 is 24.3 Å². The third-order valence-corrected chi connectivity index (χ3v) is 5.00. The number of hydrogen-bond donors (Lipinski definition) is 1. The first kappa shape index (κ1) is 18.8. The number of aromatic nitrogens is 1. The molecular weight excluding hydrogens is 395 g/mol. The fourth-order valence-corrected chi connectivity index (χ4v) is 3.68. The van der Waals surface area contributed by atoms with Gasteiger partial charge in [-0.3, -0.25) is 10.1 Å². The summed E-state index contributed by atoms with van der Waals surface area (Å²) in [7, 11) is 0. The van der Waals surface area contributed by atoms with Crippen molar-refractivity contribution in [2.75, 3.05) is 11.9 Å². The van der Waals surface area contributed by atoms with E-state index in [1.54, 1.807) is 12.1 Å². The maximum absolute atomic E-state index is 13.8. The largest absolute Gasteiger partial charge is 0.450 e. The number of ether oxygens (including phenoxy) is 1. The molecule has 1 amide bonds. The zero-order valence-corrected chi connectivity index (χ0v) is 16.1. The highest BCUT2D eigenvalue weighted by Gasteiger charge is 2.17. The number of thiazole rings is 1. The minimum Gasteiger partial charge on any atom is -0.450 e. The first-order valence-electron chi connectivity index (χ1n) is 8.68. The van der Waals surface area contributed by atoms with Gasteiger partial charge in [0.2, 0.25) is 5.76 Å². The number of rotatable bonds is 5. The van der Waals surface area contributed by atoms with Crippen molar-refractivity contribution >= 4 is 38.6 Å². The summed E-state index contributed by atoms with van der Waals surface area (Å²) in [4.78, 5) is 28.5. The molecule has 6 nitrogen and oxygen atoms in total. The second-order valence-corrected chi connectivity index (χ2v) is 7.29. The first-order chi connectivity index (χ1) is 14.0. The Bertz CT molecular complexity index is 1210. The molecule has 0 radical (unpaired) electrons. The van der Waals surface area contributed by atoms with E-state index in [9.17, 15) is 14.0 Å². The van der Waals surface area contributed by atoms with Gasteiger partial charge in [0.05, 0.1) is 15.8 Å². The number of halogens is 1. The molecule has 0 bridgehead atoms. The molecule has 0 fully saturated rings. The van der Waals surface area contributed by atoms with Gasteiger partial charge in [-0.2, -0.15) is 0 Å². The van der Waals surface area contributed by atoms with E-state index in [-0.39, 0.29) is 17.1 Å². The lowest BCUT2D eigenvalue weighted by Crippen LogP contribution is -2.20. The lowest BCUT2D eigenvalue weighted by molar-refractivity contribution is -0.119. The molecule has 29 heavy (non-hydrogen) atoms. The zero-order chi connectivity index (χ0) is 20.4. The summed E-state index contributed by atoms with van der Waals surface area (Å²) in [6.07, 6.45) is 0. The van der Waals surface area contributed by atoms with Gasteiger partial charge in [0.15, 0.2) is 11.7 Å². The normalized spacial score (nSPS) is 10.8. The SMILES string of the molecule is Cc1ccc2nc(NC(=O)COC(=O)c3ccc(-c4ccccc4F)o3)sc2c1. The summed E-state index contributed by atoms with van der Waals surface area (Å²) in [5, 5.41) is 3.03. The Hall–Kier alpha value is -3.52. The third kappa shape index (κ3) is 4.17. The summed E-state index contributed by atoms with van der Waals surface area (Å²) < 4.78 is 25.1. The number of carbonyl (C=O) groups is 2. The number of fused-ring (bicyclic) bond motifs is 1. The van der Waals surface area contributed by atoms with Crippen molar-refractivity contribution in [3.05, 3.63) is 71.7 Å². The van der Waals surface area contributed by atoms with Crippen LogP contribution in [-0.2, 0) is 9.53 Å². The van der Waals surface area contributed by atoms with Crippen LogP contribution in [-0.4, -0.2) is 23.5 Å². The topological polar surface area (TPSA) is 81.4 Å². The summed E-state index contributed by atoms with van der Waals surface area (Å²) in [6, 6.07) is 14.7. The van der Waals surface area contributed by atoms with Gasteiger partial charge in [0.25, 0.3) is 5.91 Å². The minimum atomic E-state index is -0.817. The van der Waals surface area contributed by atoms with E-state index in [4.69, 9.17) is 9.15 Å². The second-order valence-electron chi connectivity index (χ2n) is 6.26. The number of amides is 1. The summed E-state index contributed by atoms with van der Waals surface area (Å²) >= 11 is 1.34. The van der Waals surface area contributed by atoms with Crippen LogP contribution in [0.1, 0.15) is 16.1 Å². The number of esters is 1. The van der Waals surface area contributed by atoms with Crippen molar-refractivity contribution in [1.82, 2.24) is 4.98 Å². The fourth-order valence-electron chi connectivity index (χ4n) is 2.70. The zero-order valence-electron chi connectivity index (χ0n) is 15.3. The Morgan fingerprint density at radius 1 is 1.17 bits per heavy atom. The Labute approximate surface area is 168 Å². The van der Waals surface area contributed by atoms with Gasteiger partial charge in [-0.25, -0.2) is 14.2 Å². The highest BCUT2D eigenvalue weighted by Crippen LogP contribution is 2.27. The van der Waals surface area contributed by atoms with E-state index in [0.29, 0.717) is 5.13 Å². The molecule has 0 unspecified atom stereocenters. The molecule has 0 spiro atoms. The van der Waals surface area contributed by atoms with Crippen molar-refractivity contribution < 1.29 is 23.1 Å². The monoisotopic (exact) mass is 410 g/mol. The van der Waals surface area contributed by atoms with Crippen molar-refractivity contribution in [1.29, 1.82) is 0 Å². The molecule has 2 aromatic carbocycles. The maximum Gasteiger partial charge on any atom is 0.374 e. The highest BCUT2D eigenvalue weighted by molar-refractivity contribution is 7.22. The van der Waals surface area contributed by atoms with E-state index in [1.165, 1.54) is 35.6 Å². The summed E-state index contributed by atoms with van der Waals surface area (Å²) in [5.41, 5.74) is 2.11. The molecule has 146 valence electrons. The fraction of sp³-hybridized carbons (Fsp3) is 0.0952. The quantitative estimate of drug-likeness (QED) is 0.478. The average Bonchev–Trinajstić information content (AvgIpc) is 3.33. The van der Waals surface area contributed by atoms with Gasteiger partial charge in [-0.1, -0.05) is 29.5 Å². The minimum absolute atomic E-state index is 0.119. The van der Waals surface area contributed by atoms with E-state index in [2.05, 4.69) is 10.3 Å². The van der Waals surface area contributed by atoms with Crippen molar-refractivity contribution in [3.63, 3.8) is 0 Å². The number of carbonyl (C=O) groups excluding carboxylic acids is 2.